The van der Waals surface area contributed by atoms with Gasteiger partial charge in [-0.15, -0.1) is 0 Å². The molecule has 1 aliphatic heterocycles. The van der Waals surface area contributed by atoms with Gasteiger partial charge in [0.15, 0.2) is 0 Å². The van der Waals surface area contributed by atoms with E-state index in [2.05, 4.69) is 19.9 Å². The van der Waals surface area contributed by atoms with Crippen molar-refractivity contribution in [1.82, 2.24) is 0 Å². The quantitative estimate of drug-likeness (QED) is 0.652. The fraction of sp³-hybridized carbons (Fsp3) is 0.833. The van der Waals surface area contributed by atoms with Gasteiger partial charge in [-0.2, -0.15) is 0 Å². The minimum Gasteiger partial charge on any atom is -0.382 e. The van der Waals surface area contributed by atoms with Crippen LogP contribution >= 0.6 is 0 Å². The van der Waals surface area contributed by atoms with Crippen LogP contribution in [0.4, 0.5) is 0 Å². The molecule has 80 valence electrons. The summed E-state index contributed by atoms with van der Waals surface area (Å²) in [5.74, 6) is 0. The van der Waals surface area contributed by atoms with E-state index in [1.807, 2.05) is 0 Å². The molecule has 1 aliphatic carbocycles. The van der Waals surface area contributed by atoms with Gasteiger partial charge in [0, 0.05) is 5.41 Å². The van der Waals surface area contributed by atoms with E-state index >= 15 is 0 Å². The minimum atomic E-state index is -0.701. The molecule has 0 radical (unpaired) electrons. The van der Waals surface area contributed by atoms with Gasteiger partial charge < -0.3 is 9.84 Å². The first kappa shape index (κ1) is 10.2. The molecular weight excluding hydrogens is 176 g/mol. The van der Waals surface area contributed by atoms with E-state index in [-0.39, 0.29) is 5.41 Å². The van der Waals surface area contributed by atoms with Gasteiger partial charge in [0.25, 0.3) is 0 Å². The topological polar surface area (TPSA) is 29.5 Å². The molecule has 0 aromatic carbocycles. The second-order valence-electron chi connectivity index (χ2n) is 5.21. The van der Waals surface area contributed by atoms with Crippen molar-refractivity contribution in [3.05, 3.63) is 11.6 Å². The van der Waals surface area contributed by atoms with Crippen LogP contribution in [-0.2, 0) is 4.74 Å². The third kappa shape index (κ3) is 1.41. The lowest BCUT2D eigenvalue weighted by atomic mass is 9.70. The number of ether oxygens (including phenoxy) is 1. The summed E-state index contributed by atoms with van der Waals surface area (Å²) < 4.78 is 5.44. The van der Waals surface area contributed by atoms with E-state index in [0.29, 0.717) is 13.2 Å². The Bertz CT molecular complexity index is 255. The van der Waals surface area contributed by atoms with Crippen LogP contribution in [0, 0.1) is 5.41 Å². The molecule has 0 saturated carbocycles. The number of rotatable bonds is 1. The molecule has 14 heavy (non-hydrogen) atoms. The molecule has 1 heterocycles. The largest absolute Gasteiger partial charge is 0.382 e. The summed E-state index contributed by atoms with van der Waals surface area (Å²) in [6.45, 7) is 5.33. The third-order valence-electron chi connectivity index (χ3n) is 3.72. The fourth-order valence-corrected chi connectivity index (χ4v) is 2.51. The molecule has 2 rings (SSSR count). The summed E-state index contributed by atoms with van der Waals surface area (Å²) in [4.78, 5) is 0. The van der Waals surface area contributed by atoms with Crippen molar-refractivity contribution in [2.24, 2.45) is 5.41 Å². The average Bonchev–Trinajstić information content (AvgIpc) is 2.44. The second kappa shape index (κ2) is 3.35. The van der Waals surface area contributed by atoms with Crippen LogP contribution < -0.4 is 0 Å². The van der Waals surface area contributed by atoms with Crippen molar-refractivity contribution in [2.75, 3.05) is 13.2 Å². The van der Waals surface area contributed by atoms with Gasteiger partial charge in [-0.05, 0) is 31.3 Å². The van der Waals surface area contributed by atoms with Crippen molar-refractivity contribution in [3.63, 3.8) is 0 Å². The lowest BCUT2D eigenvalue weighted by molar-refractivity contribution is -0.00185. The third-order valence-corrected chi connectivity index (χ3v) is 3.72. The maximum atomic E-state index is 10.7. The standard InChI is InChI=1S/C12H20O2/c1-11(2)8-14-9-12(11,13)10-6-4-3-5-7-10/h6,13H,3-5,7-9H2,1-2H3. The highest BCUT2D eigenvalue weighted by atomic mass is 16.5. The van der Waals surface area contributed by atoms with Crippen LogP contribution in [0.1, 0.15) is 39.5 Å². The molecule has 0 bridgehead atoms. The Hall–Kier alpha value is -0.340. The molecule has 0 spiro atoms. The summed E-state index contributed by atoms with van der Waals surface area (Å²) in [6, 6.07) is 0. The molecule has 2 nitrogen and oxygen atoms in total. The molecule has 1 unspecified atom stereocenters. The summed E-state index contributed by atoms with van der Waals surface area (Å²) in [5.41, 5.74) is 0.384. The van der Waals surface area contributed by atoms with Gasteiger partial charge in [-0.3, -0.25) is 0 Å². The Morgan fingerprint density at radius 3 is 2.57 bits per heavy atom. The predicted octanol–water partition coefficient (Wildman–Crippen LogP) is 2.27. The van der Waals surface area contributed by atoms with Crippen molar-refractivity contribution >= 4 is 0 Å². The van der Waals surface area contributed by atoms with E-state index in [1.165, 1.54) is 18.4 Å². The highest BCUT2D eigenvalue weighted by Crippen LogP contribution is 2.44. The number of allylic oxidation sites excluding steroid dienone is 1. The van der Waals surface area contributed by atoms with E-state index in [4.69, 9.17) is 4.74 Å². The predicted molar refractivity (Wildman–Crippen MR) is 56.1 cm³/mol. The van der Waals surface area contributed by atoms with E-state index < -0.39 is 5.60 Å². The molecule has 0 aromatic heterocycles. The molecule has 2 heteroatoms. The Labute approximate surface area is 86.0 Å². The first-order valence-electron chi connectivity index (χ1n) is 5.56. The zero-order valence-electron chi connectivity index (χ0n) is 9.18. The molecule has 1 saturated heterocycles. The van der Waals surface area contributed by atoms with Crippen LogP contribution in [0.15, 0.2) is 11.6 Å². The SMILES string of the molecule is CC1(C)COCC1(O)C1=CCCCC1. The number of hydrogen-bond donors (Lipinski definition) is 1. The minimum absolute atomic E-state index is 0.129. The summed E-state index contributed by atoms with van der Waals surface area (Å²) in [6.07, 6.45) is 6.86. The van der Waals surface area contributed by atoms with Gasteiger partial charge in [-0.1, -0.05) is 19.9 Å². The van der Waals surface area contributed by atoms with Crippen molar-refractivity contribution in [3.8, 4) is 0 Å². The van der Waals surface area contributed by atoms with Crippen LogP contribution in [-0.4, -0.2) is 23.9 Å². The molecule has 0 amide bonds. The normalized spacial score (nSPS) is 36.9. The maximum absolute atomic E-state index is 10.7. The van der Waals surface area contributed by atoms with Gasteiger partial charge in [0.1, 0.15) is 5.60 Å². The smallest absolute Gasteiger partial charge is 0.116 e. The van der Waals surface area contributed by atoms with Gasteiger partial charge in [0.2, 0.25) is 0 Å². The number of hydrogen-bond acceptors (Lipinski definition) is 2. The molecule has 1 N–H and O–H groups in total. The highest BCUT2D eigenvalue weighted by Gasteiger charge is 2.50. The summed E-state index contributed by atoms with van der Waals surface area (Å²) in [7, 11) is 0. The molecule has 2 aliphatic rings. The number of aliphatic hydroxyl groups is 1. The van der Waals surface area contributed by atoms with Crippen molar-refractivity contribution < 1.29 is 9.84 Å². The van der Waals surface area contributed by atoms with Crippen LogP contribution in [0.3, 0.4) is 0 Å². The Morgan fingerprint density at radius 1 is 1.29 bits per heavy atom. The summed E-state index contributed by atoms with van der Waals surface area (Å²) in [5, 5.41) is 10.7. The van der Waals surface area contributed by atoms with E-state index in [1.54, 1.807) is 0 Å². The fourth-order valence-electron chi connectivity index (χ4n) is 2.51. The van der Waals surface area contributed by atoms with Crippen molar-refractivity contribution in [1.29, 1.82) is 0 Å². The molecule has 1 fully saturated rings. The first-order chi connectivity index (χ1) is 6.56. The average molecular weight is 196 g/mol. The Balaban J connectivity index is 2.26. The van der Waals surface area contributed by atoms with Gasteiger partial charge in [-0.25, -0.2) is 0 Å². The monoisotopic (exact) mass is 196 g/mol. The van der Waals surface area contributed by atoms with Crippen LogP contribution in [0.25, 0.3) is 0 Å². The maximum Gasteiger partial charge on any atom is 0.116 e. The van der Waals surface area contributed by atoms with E-state index in [0.717, 1.165) is 12.8 Å². The molecule has 0 aromatic rings. The summed E-state index contributed by atoms with van der Waals surface area (Å²) >= 11 is 0. The van der Waals surface area contributed by atoms with Gasteiger partial charge >= 0.3 is 0 Å². The molecular formula is C12H20O2. The highest BCUT2D eigenvalue weighted by molar-refractivity contribution is 5.24. The zero-order valence-corrected chi connectivity index (χ0v) is 9.18. The Morgan fingerprint density at radius 2 is 2.07 bits per heavy atom. The Kier molecular flexibility index (Phi) is 2.44. The lowest BCUT2D eigenvalue weighted by Gasteiger charge is -2.38. The van der Waals surface area contributed by atoms with Crippen LogP contribution in [0.2, 0.25) is 0 Å². The molecule has 1 atom stereocenters. The lowest BCUT2D eigenvalue weighted by Crippen LogP contribution is -2.45. The van der Waals surface area contributed by atoms with E-state index in [9.17, 15) is 5.11 Å². The zero-order chi connectivity index (χ0) is 10.2. The van der Waals surface area contributed by atoms with Gasteiger partial charge in [0.05, 0.1) is 13.2 Å². The first-order valence-corrected chi connectivity index (χ1v) is 5.56. The second-order valence-corrected chi connectivity index (χ2v) is 5.21. The van der Waals surface area contributed by atoms with Crippen molar-refractivity contribution in [2.45, 2.75) is 45.1 Å². The van der Waals surface area contributed by atoms with Crippen LogP contribution in [0.5, 0.6) is 0 Å².